The summed E-state index contributed by atoms with van der Waals surface area (Å²) in [4.78, 5) is 27.4. The van der Waals surface area contributed by atoms with Crippen LogP contribution in [0.5, 0.6) is 0 Å². The van der Waals surface area contributed by atoms with Gasteiger partial charge in [-0.3, -0.25) is 4.79 Å². The number of nitrogens with one attached hydrogen (secondary N) is 2. The van der Waals surface area contributed by atoms with Crippen LogP contribution in [0, 0.1) is 13.8 Å². The highest BCUT2D eigenvalue weighted by Crippen LogP contribution is 2.24. The van der Waals surface area contributed by atoms with Gasteiger partial charge in [0.1, 0.15) is 5.82 Å². The highest BCUT2D eigenvalue weighted by Gasteiger charge is 2.26. The number of amides is 1. The molecule has 0 aromatic carbocycles. The third kappa shape index (κ3) is 3.85. The number of nitrogens with zero attached hydrogens (tertiary/aromatic N) is 5. The van der Waals surface area contributed by atoms with E-state index in [1.807, 2.05) is 20.2 Å². The second-order valence-electron chi connectivity index (χ2n) is 6.67. The first-order valence-corrected chi connectivity index (χ1v) is 9.08. The van der Waals surface area contributed by atoms with E-state index < -0.39 is 0 Å². The number of aryl methyl sites for hydroxylation is 2. The molecule has 8 heteroatoms. The smallest absolute Gasteiger partial charge is 0.288 e. The lowest BCUT2D eigenvalue weighted by molar-refractivity contribution is 0.0952. The van der Waals surface area contributed by atoms with E-state index in [9.17, 15) is 4.79 Å². The fraction of sp³-hybridized carbons (Fsp3) is 0.556. The molecular weight excluding hydrogens is 330 g/mol. The van der Waals surface area contributed by atoms with Crippen LogP contribution < -0.4 is 15.5 Å². The molecule has 1 atom stereocenters. The predicted molar refractivity (Wildman–Crippen MR) is 100 cm³/mol. The Morgan fingerprint density at radius 1 is 1.35 bits per heavy atom. The number of imidazole rings is 1. The molecule has 26 heavy (non-hydrogen) atoms. The summed E-state index contributed by atoms with van der Waals surface area (Å²) < 4.78 is 2.07. The van der Waals surface area contributed by atoms with Crippen molar-refractivity contribution in [2.24, 2.45) is 0 Å². The van der Waals surface area contributed by atoms with Crippen LogP contribution >= 0.6 is 0 Å². The van der Waals surface area contributed by atoms with Gasteiger partial charge in [0.25, 0.3) is 5.91 Å². The Kier molecular flexibility index (Phi) is 5.51. The molecule has 2 aromatic rings. The summed E-state index contributed by atoms with van der Waals surface area (Å²) in [5.74, 6) is 0.831. The number of rotatable bonds is 6. The van der Waals surface area contributed by atoms with Crippen molar-refractivity contribution in [2.45, 2.75) is 46.3 Å². The highest BCUT2D eigenvalue weighted by atomic mass is 16.2. The molecule has 1 amide bonds. The normalized spacial score (nSPS) is 16.9. The SMILES string of the molecule is CCn1cnc(CN[C@@H]2CCN(c3nc(C(=O)NC)nc(C)c3C)C2)c1. The maximum atomic E-state index is 11.9. The van der Waals surface area contributed by atoms with Crippen LogP contribution in [0.15, 0.2) is 12.5 Å². The van der Waals surface area contributed by atoms with Gasteiger partial charge in [0, 0.05) is 56.7 Å². The van der Waals surface area contributed by atoms with E-state index in [0.29, 0.717) is 6.04 Å². The van der Waals surface area contributed by atoms with E-state index in [1.54, 1.807) is 7.05 Å². The Balaban J connectivity index is 1.66. The minimum atomic E-state index is -0.255. The Labute approximate surface area is 154 Å². The van der Waals surface area contributed by atoms with Gasteiger partial charge in [0.2, 0.25) is 5.82 Å². The molecule has 0 unspecified atom stereocenters. The zero-order valence-corrected chi connectivity index (χ0v) is 15.9. The van der Waals surface area contributed by atoms with Crippen LogP contribution in [0.2, 0.25) is 0 Å². The number of aromatic nitrogens is 4. The first-order chi connectivity index (χ1) is 12.5. The minimum Gasteiger partial charge on any atom is -0.355 e. The van der Waals surface area contributed by atoms with Crippen LogP contribution in [0.1, 0.15) is 40.9 Å². The summed E-state index contributed by atoms with van der Waals surface area (Å²) in [6, 6.07) is 0.375. The van der Waals surface area contributed by atoms with Crippen molar-refractivity contribution in [1.29, 1.82) is 0 Å². The molecular formula is C18H27N7O. The second-order valence-corrected chi connectivity index (χ2v) is 6.67. The number of anilines is 1. The third-order valence-corrected chi connectivity index (χ3v) is 4.91. The van der Waals surface area contributed by atoms with Gasteiger partial charge < -0.3 is 20.1 Å². The lowest BCUT2D eigenvalue weighted by Gasteiger charge is -2.21. The van der Waals surface area contributed by atoms with Crippen molar-refractivity contribution in [3.05, 3.63) is 35.3 Å². The molecule has 3 heterocycles. The maximum absolute atomic E-state index is 11.9. The van der Waals surface area contributed by atoms with E-state index >= 15 is 0 Å². The number of hydrogen-bond acceptors (Lipinski definition) is 6. The maximum Gasteiger partial charge on any atom is 0.288 e. The molecule has 1 saturated heterocycles. The first kappa shape index (κ1) is 18.3. The van der Waals surface area contributed by atoms with E-state index in [0.717, 1.165) is 55.4 Å². The first-order valence-electron chi connectivity index (χ1n) is 9.08. The second kappa shape index (κ2) is 7.82. The largest absolute Gasteiger partial charge is 0.355 e. The predicted octanol–water partition coefficient (Wildman–Crippen LogP) is 1.04. The van der Waals surface area contributed by atoms with Crippen molar-refractivity contribution in [3.8, 4) is 0 Å². The Bertz CT molecular complexity index is 786. The van der Waals surface area contributed by atoms with Gasteiger partial charge in [-0.2, -0.15) is 0 Å². The minimum absolute atomic E-state index is 0.229. The summed E-state index contributed by atoms with van der Waals surface area (Å²) in [5, 5.41) is 6.17. The number of carbonyl (C=O) groups is 1. The molecule has 3 rings (SSSR count). The fourth-order valence-corrected chi connectivity index (χ4v) is 3.17. The zero-order valence-electron chi connectivity index (χ0n) is 15.9. The Hall–Kier alpha value is -2.48. The third-order valence-electron chi connectivity index (χ3n) is 4.91. The molecule has 0 saturated carbocycles. The van der Waals surface area contributed by atoms with E-state index in [-0.39, 0.29) is 11.7 Å². The molecule has 8 nitrogen and oxygen atoms in total. The monoisotopic (exact) mass is 357 g/mol. The summed E-state index contributed by atoms with van der Waals surface area (Å²) in [6.45, 7) is 9.50. The average molecular weight is 357 g/mol. The van der Waals surface area contributed by atoms with Crippen molar-refractivity contribution < 1.29 is 4.79 Å². The van der Waals surface area contributed by atoms with Gasteiger partial charge in [-0.15, -0.1) is 0 Å². The molecule has 0 aliphatic carbocycles. The fourth-order valence-electron chi connectivity index (χ4n) is 3.17. The van der Waals surface area contributed by atoms with E-state index in [1.165, 1.54) is 0 Å². The average Bonchev–Trinajstić information content (AvgIpc) is 3.30. The molecule has 0 spiro atoms. The van der Waals surface area contributed by atoms with Gasteiger partial charge in [-0.05, 0) is 27.2 Å². The summed E-state index contributed by atoms with van der Waals surface area (Å²) in [6.07, 6.45) is 4.98. The van der Waals surface area contributed by atoms with Gasteiger partial charge in [0.15, 0.2) is 0 Å². The van der Waals surface area contributed by atoms with Crippen LogP contribution in [0.4, 0.5) is 5.82 Å². The lowest BCUT2D eigenvalue weighted by atomic mass is 10.2. The molecule has 2 aromatic heterocycles. The topological polar surface area (TPSA) is 88.0 Å². The van der Waals surface area contributed by atoms with Crippen LogP contribution in [0.3, 0.4) is 0 Å². The van der Waals surface area contributed by atoms with Gasteiger partial charge in [-0.1, -0.05) is 0 Å². The molecule has 140 valence electrons. The Morgan fingerprint density at radius 3 is 2.85 bits per heavy atom. The summed E-state index contributed by atoms with van der Waals surface area (Å²) in [7, 11) is 1.59. The van der Waals surface area contributed by atoms with Crippen LogP contribution in [0.25, 0.3) is 0 Å². The number of hydrogen-bond donors (Lipinski definition) is 2. The van der Waals surface area contributed by atoms with Crippen molar-refractivity contribution in [3.63, 3.8) is 0 Å². The molecule has 1 fully saturated rings. The van der Waals surface area contributed by atoms with Crippen molar-refractivity contribution >= 4 is 11.7 Å². The number of carbonyl (C=O) groups excluding carboxylic acids is 1. The van der Waals surface area contributed by atoms with E-state index in [4.69, 9.17) is 0 Å². The van der Waals surface area contributed by atoms with Crippen molar-refractivity contribution in [1.82, 2.24) is 30.2 Å². The highest BCUT2D eigenvalue weighted by molar-refractivity contribution is 5.90. The summed E-state index contributed by atoms with van der Waals surface area (Å²) >= 11 is 0. The van der Waals surface area contributed by atoms with Crippen molar-refractivity contribution in [2.75, 3.05) is 25.0 Å². The van der Waals surface area contributed by atoms with Crippen LogP contribution in [-0.2, 0) is 13.1 Å². The molecule has 0 radical (unpaired) electrons. The Morgan fingerprint density at radius 2 is 2.15 bits per heavy atom. The van der Waals surface area contributed by atoms with Gasteiger partial charge >= 0.3 is 0 Å². The molecule has 1 aliphatic heterocycles. The molecule has 1 aliphatic rings. The molecule has 0 bridgehead atoms. The standard InChI is InChI=1S/C18H27N7O/c1-5-24-9-15(21-11-24)8-20-14-6-7-25(10-14)17-12(2)13(3)22-16(23-17)18(26)19-4/h9,11,14,20H,5-8,10H2,1-4H3,(H,19,26)/t14-/m1/s1. The van der Waals surface area contributed by atoms with Crippen LogP contribution in [-0.4, -0.2) is 51.6 Å². The zero-order chi connectivity index (χ0) is 18.7. The van der Waals surface area contributed by atoms with Gasteiger partial charge in [0.05, 0.1) is 12.0 Å². The molecule has 2 N–H and O–H groups in total. The van der Waals surface area contributed by atoms with E-state index in [2.05, 4.69) is 48.2 Å². The van der Waals surface area contributed by atoms with Gasteiger partial charge in [-0.25, -0.2) is 15.0 Å². The summed E-state index contributed by atoms with van der Waals surface area (Å²) in [5.41, 5.74) is 2.93. The lowest BCUT2D eigenvalue weighted by Crippen LogP contribution is -2.33. The quantitative estimate of drug-likeness (QED) is 0.803.